The molecule has 1 unspecified atom stereocenters. The summed E-state index contributed by atoms with van der Waals surface area (Å²) < 4.78 is 0. The Hall–Kier alpha value is -0.820. The van der Waals surface area contributed by atoms with E-state index in [1.165, 1.54) is 5.56 Å². The normalized spacial score (nSPS) is 25.8. The molecule has 0 aliphatic heterocycles. The van der Waals surface area contributed by atoms with Crippen LogP contribution < -0.4 is 0 Å². The standard InChI is InChI=1S/C11H12ClN/c1-8-3-4-9-5-6-11(2,12)7-10(9)13-8/h3-6H,7H2,1-2H3. The summed E-state index contributed by atoms with van der Waals surface area (Å²) in [6.45, 7) is 4.02. The summed E-state index contributed by atoms with van der Waals surface area (Å²) in [5.41, 5.74) is 3.37. The Morgan fingerprint density at radius 1 is 1.46 bits per heavy atom. The molecular weight excluding hydrogens is 182 g/mol. The Morgan fingerprint density at radius 2 is 2.23 bits per heavy atom. The van der Waals surface area contributed by atoms with Gasteiger partial charge in [-0.2, -0.15) is 0 Å². The van der Waals surface area contributed by atoms with Gasteiger partial charge in [0.05, 0.1) is 4.87 Å². The van der Waals surface area contributed by atoms with Crippen molar-refractivity contribution in [3.63, 3.8) is 0 Å². The van der Waals surface area contributed by atoms with E-state index < -0.39 is 0 Å². The highest BCUT2D eigenvalue weighted by Gasteiger charge is 2.23. The fraction of sp³-hybridized carbons (Fsp3) is 0.364. The molecule has 0 saturated carbocycles. The number of rotatable bonds is 0. The van der Waals surface area contributed by atoms with E-state index in [-0.39, 0.29) is 4.87 Å². The number of halogens is 1. The number of fused-ring (bicyclic) bond motifs is 1. The van der Waals surface area contributed by atoms with Crippen molar-refractivity contribution in [2.75, 3.05) is 0 Å². The van der Waals surface area contributed by atoms with Gasteiger partial charge >= 0.3 is 0 Å². The number of hydrogen-bond donors (Lipinski definition) is 0. The van der Waals surface area contributed by atoms with Crippen molar-refractivity contribution in [3.8, 4) is 0 Å². The fourth-order valence-electron chi connectivity index (χ4n) is 1.56. The molecule has 1 nitrogen and oxygen atoms in total. The molecule has 68 valence electrons. The summed E-state index contributed by atoms with van der Waals surface area (Å²) in [4.78, 5) is 4.22. The van der Waals surface area contributed by atoms with E-state index in [0.717, 1.165) is 17.8 Å². The Labute approximate surface area is 83.4 Å². The number of nitrogens with zero attached hydrogens (tertiary/aromatic N) is 1. The first-order valence-corrected chi connectivity index (χ1v) is 4.79. The van der Waals surface area contributed by atoms with Gasteiger partial charge in [0.1, 0.15) is 0 Å². The molecule has 0 aromatic carbocycles. The van der Waals surface area contributed by atoms with E-state index >= 15 is 0 Å². The van der Waals surface area contributed by atoms with Crippen LogP contribution in [0.1, 0.15) is 23.9 Å². The van der Waals surface area contributed by atoms with Crippen molar-refractivity contribution in [1.29, 1.82) is 0 Å². The smallest absolute Gasteiger partial charge is 0.0656 e. The minimum absolute atomic E-state index is 0.256. The minimum Gasteiger partial charge on any atom is -0.257 e. The number of aromatic nitrogens is 1. The van der Waals surface area contributed by atoms with Gasteiger partial charge < -0.3 is 0 Å². The predicted octanol–water partition coefficient (Wildman–Crippen LogP) is 2.96. The molecular formula is C11H12ClN. The van der Waals surface area contributed by atoms with Gasteiger partial charge in [0, 0.05) is 17.8 Å². The molecule has 0 saturated heterocycles. The monoisotopic (exact) mass is 193 g/mol. The van der Waals surface area contributed by atoms with Crippen molar-refractivity contribution >= 4 is 17.7 Å². The first kappa shape index (κ1) is 8.76. The summed E-state index contributed by atoms with van der Waals surface area (Å²) in [6, 6.07) is 4.13. The van der Waals surface area contributed by atoms with Crippen LogP contribution in [0, 0.1) is 6.92 Å². The van der Waals surface area contributed by atoms with E-state index in [2.05, 4.69) is 17.1 Å². The number of aryl methyl sites for hydroxylation is 1. The molecule has 0 amide bonds. The van der Waals surface area contributed by atoms with Gasteiger partial charge in [-0.15, -0.1) is 11.6 Å². The summed E-state index contributed by atoms with van der Waals surface area (Å²) in [6.07, 6.45) is 4.91. The first-order valence-electron chi connectivity index (χ1n) is 4.41. The van der Waals surface area contributed by atoms with Crippen LogP contribution in [0.5, 0.6) is 0 Å². The van der Waals surface area contributed by atoms with Crippen LogP contribution >= 0.6 is 11.6 Å². The highest BCUT2D eigenvalue weighted by Crippen LogP contribution is 2.29. The van der Waals surface area contributed by atoms with E-state index in [4.69, 9.17) is 11.6 Å². The fourth-order valence-corrected chi connectivity index (χ4v) is 1.75. The molecule has 0 spiro atoms. The Balaban J connectivity index is 2.48. The number of pyridine rings is 1. The zero-order valence-electron chi connectivity index (χ0n) is 7.84. The largest absolute Gasteiger partial charge is 0.257 e. The lowest BCUT2D eigenvalue weighted by atomic mass is 9.94. The number of allylic oxidation sites excluding steroid dienone is 1. The van der Waals surface area contributed by atoms with E-state index in [0.29, 0.717) is 0 Å². The molecule has 1 heterocycles. The van der Waals surface area contributed by atoms with Gasteiger partial charge in [0.2, 0.25) is 0 Å². The van der Waals surface area contributed by atoms with Crippen LogP contribution in [0.4, 0.5) is 0 Å². The average Bonchev–Trinajstić information content (AvgIpc) is 2.01. The van der Waals surface area contributed by atoms with Gasteiger partial charge in [-0.3, -0.25) is 4.98 Å². The molecule has 1 aliphatic carbocycles. The second-order valence-corrected chi connectivity index (χ2v) is 4.64. The quantitative estimate of drug-likeness (QED) is 0.578. The molecule has 0 fully saturated rings. The summed E-state index contributed by atoms with van der Waals surface area (Å²) in [5, 5.41) is 0. The average molecular weight is 194 g/mol. The first-order chi connectivity index (χ1) is 6.07. The molecule has 1 aromatic heterocycles. The van der Waals surface area contributed by atoms with Crippen LogP contribution in [-0.4, -0.2) is 9.86 Å². The SMILES string of the molecule is Cc1ccc2c(n1)CC(C)(Cl)C=C2. The third-order valence-electron chi connectivity index (χ3n) is 2.27. The summed E-state index contributed by atoms with van der Waals surface area (Å²) >= 11 is 6.23. The maximum Gasteiger partial charge on any atom is 0.0656 e. The lowest BCUT2D eigenvalue weighted by molar-refractivity contribution is 0.737. The molecule has 2 rings (SSSR count). The molecule has 1 atom stereocenters. The van der Waals surface area contributed by atoms with Crippen molar-refractivity contribution in [3.05, 3.63) is 35.2 Å². The van der Waals surface area contributed by atoms with Gasteiger partial charge in [-0.1, -0.05) is 18.2 Å². The van der Waals surface area contributed by atoms with E-state index in [9.17, 15) is 0 Å². The van der Waals surface area contributed by atoms with Gasteiger partial charge in [0.15, 0.2) is 0 Å². The summed E-state index contributed by atoms with van der Waals surface area (Å²) in [5.74, 6) is 0. The molecule has 2 heteroatoms. The Morgan fingerprint density at radius 3 is 3.00 bits per heavy atom. The van der Waals surface area contributed by atoms with E-state index in [1.54, 1.807) is 0 Å². The second-order valence-electron chi connectivity index (χ2n) is 3.78. The topological polar surface area (TPSA) is 12.9 Å². The molecule has 1 aromatic rings. The van der Waals surface area contributed by atoms with Crippen LogP contribution in [0.25, 0.3) is 6.08 Å². The van der Waals surface area contributed by atoms with Crippen molar-refractivity contribution < 1.29 is 0 Å². The Kier molecular flexibility index (Phi) is 1.92. The molecule has 0 bridgehead atoms. The third-order valence-corrected chi connectivity index (χ3v) is 2.53. The number of hydrogen-bond acceptors (Lipinski definition) is 1. The maximum absolute atomic E-state index is 6.23. The molecule has 0 radical (unpaired) electrons. The second kappa shape index (κ2) is 2.85. The van der Waals surface area contributed by atoms with Crippen LogP contribution in [-0.2, 0) is 6.42 Å². The number of alkyl halides is 1. The zero-order valence-corrected chi connectivity index (χ0v) is 8.60. The van der Waals surface area contributed by atoms with Gasteiger partial charge in [-0.05, 0) is 25.5 Å². The van der Waals surface area contributed by atoms with Crippen LogP contribution in [0.2, 0.25) is 0 Å². The molecule has 0 N–H and O–H groups in total. The van der Waals surface area contributed by atoms with Crippen LogP contribution in [0.15, 0.2) is 18.2 Å². The van der Waals surface area contributed by atoms with E-state index in [1.807, 2.05) is 26.0 Å². The lowest BCUT2D eigenvalue weighted by Crippen LogP contribution is -2.21. The van der Waals surface area contributed by atoms with Crippen molar-refractivity contribution in [2.45, 2.75) is 25.1 Å². The Bertz CT molecular complexity index is 366. The van der Waals surface area contributed by atoms with Crippen molar-refractivity contribution in [2.24, 2.45) is 0 Å². The highest BCUT2D eigenvalue weighted by molar-refractivity contribution is 6.25. The van der Waals surface area contributed by atoms with Crippen LogP contribution in [0.3, 0.4) is 0 Å². The zero-order chi connectivity index (χ0) is 9.47. The lowest BCUT2D eigenvalue weighted by Gasteiger charge is -2.22. The van der Waals surface area contributed by atoms with Gasteiger partial charge in [-0.25, -0.2) is 0 Å². The molecule has 13 heavy (non-hydrogen) atoms. The minimum atomic E-state index is -0.256. The maximum atomic E-state index is 6.23. The summed E-state index contributed by atoms with van der Waals surface area (Å²) in [7, 11) is 0. The highest BCUT2D eigenvalue weighted by atomic mass is 35.5. The predicted molar refractivity (Wildman–Crippen MR) is 56.0 cm³/mol. The molecule has 1 aliphatic rings. The van der Waals surface area contributed by atoms with Gasteiger partial charge in [0.25, 0.3) is 0 Å². The third kappa shape index (κ3) is 1.75. The van der Waals surface area contributed by atoms with Crippen molar-refractivity contribution in [1.82, 2.24) is 4.98 Å².